The maximum Gasteiger partial charge on any atom is 0.306 e. The number of nitrogens with zero attached hydrogens (tertiary/aromatic N) is 2. The van der Waals surface area contributed by atoms with E-state index in [1.54, 1.807) is 11.0 Å². The molecule has 2 atom stereocenters. The molecule has 114 valence electrons. The second-order valence-corrected chi connectivity index (χ2v) is 5.76. The predicted octanol–water partition coefficient (Wildman–Crippen LogP) is 2.00. The monoisotopic (exact) mass is 292 g/mol. The number of nitrogens with two attached hydrogens (primary N) is 1. The number of nitrogens with one attached hydrogen (secondary N) is 1. The van der Waals surface area contributed by atoms with Crippen molar-refractivity contribution in [3.63, 3.8) is 0 Å². The first-order valence-electron chi connectivity index (χ1n) is 6.97. The fourth-order valence-corrected chi connectivity index (χ4v) is 3.03. The van der Waals surface area contributed by atoms with Gasteiger partial charge in [-0.15, -0.1) is 0 Å². The summed E-state index contributed by atoms with van der Waals surface area (Å²) in [5.41, 5.74) is 2.24. The highest BCUT2D eigenvalue weighted by Crippen LogP contribution is 2.30. The van der Waals surface area contributed by atoms with Gasteiger partial charge in [-0.3, -0.25) is 20.8 Å². The number of piperidine rings is 1. The molecule has 2 rings (SSSR count). The van der Waals surface area contributed by atoms with Gasteiger partial charge < -0.3 is 10.3 Å². The van der Waals surface area contributed by atoms with E-state index in [0.717, 1.165) is 6.42 Å². The lowest BCUT2D eigenvalue weighted by molar-refractivity contribution is -0.384. The highest BCUT2D eigenvalue weighted by atomic mass is 16.6. The maximum atomic E-state index is 12.6. The third kappa shape index (κ3) is 3.13. The Morgan fingerprint density at radius 1 is 1.38 bits per heavy atom. The molecule has 0 radical (unpaired) electrons. The van der Waals surface area contributed by atoms with E-state index >= 15 is 0 Å². The van der Waals surface area contributed by atoms with Crippen LogP contribution in [0.25, 0.3) is 0 Å². The summed E-state index contributed by atoms with van der Waals surface area (Å²) >= 11 is 0. The summed E-state index contributed by atoms with van der Waals surface area (Å²) < 4.78 is 0. The molecule has 0 spiro atoms. The molecule has 7 heteroatoms. The van der Waals surface area contributed by atoms with E-state index in [9.17, 15) is 14.9 Å². The number of anilines is 1. The summed E-state index contributed by atoms with van der Waals surface area (Å²) in [7, 11) is 0. The summed E-state index contributed by atoms with van der Waals surface area (Å²) in [5.74, 6) is 5.78. The highest BCUT2D eigenvalue weighted by molar-refractivity contribution is 6.00. The molecule has 0 saturated carbocycles. The molecular formula is C14H20N4O3. The fraction of sp³-hybridized carbons (Fsp3) is 0.500. The molecule has 0 aromatic heterocycles. The van der Waals surface area contributed by atoms with Gasteiger partial charge in [-0.05, 0) is 30.4 Å². The lowest BCUT2D eigenvalue weighted by Gasteiger charge is -2.35. The maximum absolute atomic E-state index is 12.6. The molecule has 0 aliphatic carbocycles. The Balaban J connectivity index is 2.37. The summed E-state index contributed by atoms with van der Waals surface area (Å²) in [5, 5.41) is 11.3. The molecular weight excluding hydrogens is 272 g/mol. The Labute approximate surface area is 123 Å². The average molecular weight is 292 g/mol. The third-order valence-electron chi connectivity index (χ3n) is 3.76. The van der Waals surface area contributed by atoms with Gasteiger partial charge in [0.1, 0.15) is 11.3 Å². The standard InChI is InChI=1S/C14H20N4O3/c1-9-6-10(2)8-17(7-9)14(19)11-4-3-5-12(16-15)13(11)18(20)21/h3-5,9-10,16H,6-8,15H2,1-2H3. The van der Waals surface area contributed by atoms with Crippen molar-refractivity contribution in [2.75, 3.05) is 18.5 Å². The Hall–Kier alpha value is -2.15. The second-order valence-electron chi connectivity index (χ2n) is 5.76. The van der Waals surface area contributed by atoms with Crippen LogP contribution >= 0.6 is 0 Å². The lowest BCUT2D eigenvalue weighted by Crippen LogP contribution is -2.42. The number of rotatable bonds is 3. The average Bonchev–Trinajstić information content (AvgIpc) is 2.44. The SMILES string of the molecule is CC1CC(C)CN(C(=O)c2cccc(NN)c2[N+](=O)[O-])C1. The van der Waals surface area contributed by atoms with Gasteiger partial charge >= 0.3 is 5.69 Å². The smallest absolute Gasteiger partial charge is 0.306 e. The zero-order valence-corrected chi connectivity index (χ0v) is 12.2. The molecule has 1 aliphatic heterocycles. The summed E-state index contributed by atoms with van der Waals surface area (Å²) in [6, 6.07) is 4.55. The van der Waals surface area contributed by atoms with Crippen molar-refractivity contribution in [2.45, 2.75) is 20.3 Å². The van der Waals surface area contributed by atoms with E-state index in [1.165, 1.54) is 12.1 Å². The van der Waals surface area contributed by atoms with Crippen molar-refractivity contribution in [1.29, 1.82) is 0 Å². The quantitative estimate of drug-likeness (QED) is 0.504. The van der Waals surface area contributed by atoms with E-state index in [0.29, 0.717) is 24.9 Å². The topological polar surface area (TPSA) is 102 Å². The number of hydrogen-bond donors (Lipinski definition) is 2. The molecule has 21 heavy (non-hydrogen) atoms. The van der Waals surface area contributed by atoms with Gasteiger partial charge in [-0.2, -0.15) is 0 Å². The molecule has 3 N–H and O–H groups in total. The number of carbonyl (C=O) groups is 1. The Bertz CT molecular complexity index is 551. The fourth-order valence-electron chi connectivity index (χ4n) is 3.03. The molecule has 1 fully saturated rings. The normalized spacial score (nSPS) is 22.0. The number of para-hydroxylation sites is 1. The third-order valence-corrected chi connectivity index (χ3v) is 3.76. The molecule has 1 aromatic carbocycles. The number of likely N-dealkylation sites (tertiary alicyclic amines) is 1. The number of nitro benzene ring substituents is 1. The molecule has 1 aliphatic rings. The van der Waals surface area contributed by atoms with Gasteiger partial charge in [0.05, 0.1) is 4.92 Å². The van der Waals surface area contributed by atoms with E-state index in [-0.39, 0.29) is 22.8 Å². The van der Waals surface area contributed by atoms with E-state index in [1.807, 2.05) is 0 Å². The molecule has 1 amide bonds. The van der Waals surface area contributed by atoms with Crippen LogP contribution < -0.4 is 11.3 Å². The van der Waals surface area contributed by atoms with E-state index in [4.69, 9.17) is 5.84 Å². The van der Waals surface area contributed by atoms with Crippen LogP contribution in [0.3, 0.4) is 0 Å². The second kappa shape index (κ2) is 6.09. The minimum absolute atomic E-state index is 0.0803. The van der Waals surface area contributed by atoms with Crippen LogP contribution in [-0.2, 0) is 0 Å². The van der Waals surface area contributed by atoms with Gasteiger partial charge in [-0.25, -0.2) is 0 Å². The molecule has 1 heterocycles. The molecule has 0 bridgehead atoms. The number of nitro groups is 1. The number of carbonyl (C=O) groups excluding carboxylic acids is 1. The number of nitrogen functional groups attached to an aromatic ring is 1. The van der Waals surface area contributed by atoms with Crippen molar-refractivity contribution in [3.05, 3.63) is 33.9 Å². The summed E-state index contributed by atoms with van der Waals surface area (Å²) in [6.07, 6.45) is 1.07. The van der Waals surface area contributed by atoms with Crippen molar-refractivity contribution < 1.29 is 9.72 Å². The van der Waals surface area contributed by atoms with Gasteiger partial charge in [0, 0.05) is 13.1 Å². The van der Waals surface area contributed by atoms with Crippen molar-refractivity contribution in [1.82, 2.24) is 4.90 Å². The van der Waals surface area contributed by atoms with Crippen LogP contribution in [0.15, 0.2) is 18.2 Å². The van der Waals surface area contributed by atoms with Crippen molar-refractivity contribution >= 4 is 17.3 Å². The number of amides is 1. The molecule has 7 nitrogen and oxygen atoms in total. The van der Waals surface area contributed by atoms with E-state index < -0.39 is 4.92 Å². The van der Waals surface area contributed by atoms with Crippen LogP contribution in [0.4, 0.5) is 11.4 Å². The Morgan fingerprint density at radius 2 is 2.00 bits per heavy atom. The zero-order valence-electron chi connectivity index (χ0n) is 12.2. The largest absolute Gasteiger partial charge is 0.338 e. The minimum atomic E-state index is -0.570. The van der Waals surface area contributed by atoms with E-state index in [2.05, 4.69) is 19.3 Å². The van der Waals surface area contributed by atoms with Crippen LogP contribution in [-0.4, -0.2) is 28.8 Å². The molecule has 1 saturated heterocycles. The summed E-state index contributed by atoms with van der Waals surface area (Å²) in [4.78, 5) is 25.0. The number of benzene rings is 1. The van der Waals surface area contributed by atoms with Gasteiger partial charge in [0.15, 0.2) is 0 Å². The van der Waals surface area contributed by atoms with Crippen LogP contribution in [0, 0.1) is 22.0 Å². The van der Waals surface area contributed by atoms with Gasteiger partial charge in [-0.1, -0.05) is 19.9 Å². The van der Waals surface area contributed by atoms with Crippen LogP contribution in [0.5, 0.6) is 0 Å². The van der Waals surface area contributed by atoms with Gasteiger partial charge in [0.25, 0.3) is 5.91 Å². The van der Waals surface area contributed by atoms with Crippen LogP contribution in [0.2, 0.25) is 0 Å². The zero-order chi connectivity index (χ0) is 15.6. The first kappa shape index (κ1) is 15.2. The first-order chi connectivity index (χ1) is 9.93. The Morgan fingerprint density at radius 3 is 2.52 bits per heavy atom. The van der Waals surface area contributed by atoms with Crippen molar-refractivity contribution in [2.24, 2.45) is 17.7 Å². The number of hydrazine groups is 1. The lowest BCUT2D eigenvalue weighted by atomic mass is 9.91. The molecule has 2 unspecified atom stereocenters. The highest BCUT2D eigenvalue weighted by Gasteiger charge is 2.31. The van der Waals surface area contributed by atoms with Gasteiger partial charge in [0.2, 0.25) is 0 Å². The first-order valence-corrected chi connectivity index (χ1v) is 6.97. The minimum Gasteiger partial charge on any atom is -0.338 e. The summed E-state index contributed by atoms with van der Waals surface area (Å²) in [6.45, 7) is 5.42. The number of hydrogen-bond acceptors (Lipinski definition) is 5. The molecule has 1 aromatic rings. The van der Waals surface area contributed by atoms with Crippen molar-refractivity contribution in [3.8, 4) is 0 Å². The Kier molecular flexibility index (Phi) is 4.42. The predicted molar refractivity (Wildman–Crippen MR) is 79.8 cm³/mol. The van der Waals surface area contributed by atoms with Crippen LogP contribution in [0.1, 0.15) is 30.6 Å².